The Hall–Kier alpha value is -4.69. The first-order valence-corrected chi connectivity index (χ1v) is 17.5. The van der Waals surface area contributed by atoms with Gasteiger partial charge in [0.2, 0.25) is 0 Å². The van der Waals surface area contributed by atoms with Gasteiger partial charge in [-0.05, 0) is 93.1 Å². The third-order valence-corrected chi connectivity index (χ3v) is 10.2. The molecule has 1 heterocycles. The first kappa shape index (κ1) is 37.6. The van der Waals surface area contributed by atoms with Gasteiger partial charge < -0.3 is 25.8 Å². The largest absolute Gasteiger partial charge is 0.495 e. The highest BCUT2D eigenvalue weighted by Gasteiger charge is 2.40. The van der Waals surface area contributed by atoms with Gasteiger partial charge in [0.05, 0.1) is 30.6 Å². The number of esters is 1. The number of fused-ring (bicyclic) bond motifs is 1. The van der Waals surface area contributed by atoms with E-state index in [4.69, 9.17) is 37.2 Å². The molecule has 1 amide bonds. The number of carbonyl (C=O) groups excluding carboxylic acids is 2. The fourth-order valence-electron chi connectivity index (χ4n) is 6.29. The number of nitrogens with one attached hydrogen (secondary N) is 3. The van der Waals surface area contributed by atoms with E-state index in [2.05, 4.69) is 17.6 Å². The summed E-state index contributed by atoms with van der Waals surface area (Å²) < 4.78 is 57.4. The minimum absolute atomic E-state index is 0.133. The Balaban J connectivity index is 1.44. The number of guanidine groups is 1. The van der Waals surface area contributed by atoms with Crippen LogP contribution in [0.2, 0.25) is 5.02 Å². The van der Waals surface area contributed by atoms with E-state index in [-0.39, 0.29) is 35.8 Å². The number of halogens is 4. The Morgan fingerprint density at radius 3 is 2.47 bits per heavy atom. The Morgan fingerprint density at radius 2 is 1.82 bits per heavy atom. The summed E-state index contributed by atoms with van der Waals surface area (Å²) in [5, 5.41) is 13.2. The topological polar surface area (TPSA) is 144 Å². The highest BCUT2D eigenvalue weighted by molar-refractivity contribution is 7.98. The van der Waals surface area contributed by atoms with Crippen LogP contribution in [-0.4, -0.2) is 54.2 Å². The first-order chi connectivity index (χ1) is 24.4. The van der Waals surface area contributed by atoms with Crippen molar-refractivity contribution >= 4 is 41.2 Å². The number of methoxy groups -OCH3 is 2. The lowest BCUT2D eigenvalue weighted by molar-refractivity contribution is -0.143. The van der Waals surface area contributed by atoms with Crippen LogP contribution in [0, 0.1) is 22.9 Å². The molecule has 51 heavy (non-hydrogen) atoms. The van der Waals surface area contributed by atoms with E-state index in [1.807, 2.05) is 16.7 Å². The zero-order valence-corrected chi connectivity index (χ0v) is 29.8. The molecule has 4 aromatic rings. The second-order valence-electron chi connectivity index (χ2n) is 12.3. The molecule has 1 aliphatic rings. The number of aromatic nitrogens is 2. The summed E-state index contributed by atoms with van der Waals surface area (Å²) in [5.41, 5.74) is 7.38. The van der Waals surface area contributed by atoms with E-state index in [1.54, 1.807) is 25.3 Å². The zero-order chi connectivity index (χ0) is 36.9. The maximum absolute atomic E-state index is 15.5. The standard InChI is InChI=1S/C36H38ClF3N6O4S/c1-36(21-8-13-25(37)30(18-21)49-2)14-4-6-28-31(36)46(23-11-9-22(38)10-12-23)35(45-28)51-19-24-26(39)16-20(17-27(24)40)32(47)44-29(33(48)50-3)7-5-15-43-34(41)42/h8-13,16-18,29H,4-7,14-15,19H2,1-3H3,(H,44,47)(H4,41,42,43)/t29-,36?/m0/s1. The number of aryl methyl sites for hydroxylation is 1. The molecule has 270 valence electrons. The van der Waals surface area contributed by atoms with Gasteiger partial charge in [0.15, 0.2) is 11.1 Å². The van der Waals surface area contributed by atoms with E-state index >= 15 is 8.78 Å². The van der Waals surface area contributed by atoms with Gasteiger partial charge in [-0.2, -0.15) is 0 Å². The number of hydrogen-bond donors (Lipinski definition) is 4. The Kier molecular flexibility index (Phi) is 11.9. The lowest BCUT2D eigenvalue weighted by Gasteiger charge is -2.36. The lowest BCUT2D eigenvalue weighted by atomic mass is 9.71. The number of hydrogen-bond acceptors (Lipinski definition) is 7. The molecule has 0 saturated carbocycles. The summed E-state index contributed by atoms with van der Waals surface area (Å²) in [6.45, 7) is 2.37. The van der Waals surface area contributed by atoms with Crippen molar-refractivity contribution in [1.29, 1.82) is 5.41 Å². The molecule has 0 radical (unpaired) electrons. The third-order valence-electron chi connectivity index (χ3n) is 8.93. The molecule has 0 fully saturated rings. The van der Waals surface area contributed by atoms with Crippen LogP contribution in [0.3, 0.4) is 0 Å². The van der Waals surface area contributed by atoms with Crippen LogP contribution >= 0.6 is 23.4 Å². The monoisotopic (exact) mass is 742 g/mol. The number of imidazole rings is 1. The van der Waals surface area contributed by atoms with Gasteiger partial charge in [0.1, 0.15) is 29.2 Å². The van der Waals surface area contributed by atoms with Crippen LogP contribution in [0.15, 0.2) is 59.8 Å². The first-order valence-electron chi connectivity index (χ1n) is 16.2. The molecule has 0 spiro atoms. The van der Waals surface area contributed by atoms with Crippen LogP contribution in [0.4, 0.5) is 13.2 Å². The summed E-state index contributed by atoms with van der Waals surface area (Å²) in [4.78, 5) is 30.2. The van der Waals surface area contributed by atoms with E-state index in [0.717, 1.165) is 60.8 Å². The average Bonchev–Trinajstić information content (AvgIpc) is 3.48. The van der Waals surface area contributed by atoms with Gasteiger partial charge in [0, 0.05) is 34.5 Å². The number of ether oxygens (including phenoxy) is 2. The summed E-state index contributed by atoms with van der Waals surface area (Å²) >= 11 is 7.47. The number of nitrogens with zero attached hydrogens (tertiary/aromatic N) is 2. The van der Waals surface area contributed by atoms with E-state index in [0.29, 0.717) is 34.5 Å². The minimum atomic E-state index is -1.09. The predicted octanol–water partition coefficient (Wildman–Crippen LogP) is 6.42. The number of amides is 1. The highest BCUT2D eigenvalue weighted by atomic mass is 35.5. The van der Waals surface area contributed by atoms with Crippen molar-refractivity contribution in [2.24, 2.45) is 5.73 Å². The number of benzene rings is 3. The molecule has 5 rings (SSSR count). The summed E-state index contributed by atoms with van der Waals surface area (Å²) in [5.74, 6) is -3.79. The van der Waals surface area contributed by atoms with Crippen LogP contribution in [-0.2, 0) is 27.1 Å². The van der Waals surface area contributed by atoms with E-state index in [1.165, 1.54) is 12.1 Å². The van der Waals surface area contributed by atoms with Crippen molar-refractivity contribution in [3.63, 3.8) is 0 Å². The molecular formula is C36H38ClF3N6O4S. The van der Waals surface area contributed by atoms with Gasteiger partial charge in [-0.3, -0.25) is 14.8 Å². The maximum atomic E-state index is 15.5. The Bertz CT molecular complexity index is 1920. The van der Waals surface area contributed by atoms with Crippen molar-refractivity contribution in [3.8, 4) is 11.4 Å². The number of thioether (sulfide) groups is 1. The fourth-order valence-corrected chi connectivity index (χ4v) is 7.54. The maximum Gasteiger partial charge on any atom is 0.328 e. The van der Waals surface area contributed by atoms with Gasteiger partial charge in [-0.1, -0.05) is 29.4 Å². The highest BCUT2D eigenvalue weighted by Crippen LogP contribution is 2.47. The van der Waals surface area contributed by atoms with Crippen LogP contribution < -0.4 is 21.1 Å². The smallest absolute Gasteiger partial charge is 0.328 e. The molecule has 0 aliphatic heterocycles. The predicted molar refractivity (Wildman–Crippen MR) is 189 cm³/mol. The molecule has 0 saturated heterocycles. The second kappa shape index (κ2) is 16.1. The molecule has 1 aliphatic carbocycles. The Morgan fingerprint density at radius 1 is 1.12 bits per heavy atom. The summed E-state index contributed by atoms with van der Waals surface area (Å²) in [6, 6.07) is 12.3. The van der Waals surface area contributed by atoms with Crippen molar-refractivity contribution < 1.29 is 32.2 Å². The normalized spacial score (nSPS) is 15.8. The van der Waals surface area contributed by atoms with Crippen molar-refractivity contribution in [2.75, 3.05) is 20.8 Å². The van der Waals surface area contributed by atoms with E-state index < -0.39 is 40.8 Å². The molecule has 0 bridgehead atoms. The van der Waals surface area contributed by atoms with Gasteiger partial charge in [0.25, 0.3) is 5.91 Å². The van der Waals surface area contributed by atoms with Crippen molar-refractivity contribution in [1.82, 2.24) is 20.2 Å². The van der Waals surface area contributed by atoms with Gasteiger partial charge >= 0.3 is 5.97 Å². The van der Waals surface area contributed by atoms with Gasteiger partial charge in [-0.15, -0.1) is 0 Å². The van der Waals surface area contributed by atoms with Crippen LogP contribution in [0.1, 0.15) is 65.5 Å². The molecule has 3 aromatic carbocycles. The molecule has 1 unspecified atom stereocenters. The van der Waals surface area contributed by atoms with Gasteiger partial charge in [-0.25, -0.2) is 22.9 Å². The summed E-state index contributed by atoms with van der Waals surface area (Å²) in [7, 11) is 2.71. The number of carbonyl (C=O) groups is 2. The number of nitrogens with two attached hydrogens (primary N) is 1. The van der Waals surface area contributed by atoms with Crippen molar-refractivity contribution in [3.05, 3.63) is 105 Å². The quantitative estimate of drug-likeness (QED) is 0.0404. The van der Waals surface area contributed by atoms with Crippen LogP contribution in [0.5, 0.6) is 5.75 Å². The molecular weight excluding hydrogens is 705 g/mol. The Labute approximate surface area is 302 Å². The zero-order valence-electron chi connectivity index (χ0n) is 28.2. The fraction of sp³-hybridized carbons (Fsp3) is 0.333. The SMILES string of the molecule is COC(=O)[C@H](CCCNC(=N)N)NC(=O)c1cc(F)c(CSc2nc3c(n2-c2ccc(F)cc2)C(C)(c2ccc(Cl)c(OC)c2)CCC3)c(F)c1. The summed E-state index contributed by atoms with van der Waals surface area (Å²) in [6.07, 6.45) is 2.75. The minimum Gasteiger partial charge on any atom is -0.495 e. The second-order valence-corrected chi connectivity index (χ2v) is 13.6. The number of rotatable bonds is 13. The average molecular weight is 743 g/mol. The molecule has 10 nitrogen and oxygen atoms in total. The molecule has 5 N–H and O–H groups in total. The van der Waals surface area contributed by atoms with Crippen LogP contribution in [0.25, 0.3) is 5.69 Å². The molecule has 15 heteroatoms. The van der Waals surface area contributed by atoms with E-state index in [9.17, 15) is 14.0 Å². The lowest BCUT2D eigenvalue weighted by Crippen LogP contribution is -2.42. The molecule has 1 aromatic heterocycles. The van der Waals surface area contributed by atoms with Crippen molar-refractivity contribution in [2.45, 2.75) is 61.4 Å². The third kappa shape index (κ3) is 8.28. The molecule has 2 atom stereocenters.